The van der Waals surface area contributed by atoms with Crippen LogP contribution in [0.4, 0.5) is 0 Å². The maximum atomic E-state index is 3.94. The Morgan fingerprint density at radius 3 is 2.75 bits per heavy atom. The van der Waals surface area contributed by atoms with Gasteiger partial charge >= 0.3 is 5.84 Å². The van der Waals surface area contributed by atoms with Crippen molar-refractivity contribution in [2.45, 2.75) is 6.92 Å². The summed E-state index contributed by atoms with van der Waals surface area (Å²) in [6.45, 7) is 1.90. The lowest BCUT2D eigenvalue weighted by Crippen LogP contribution is -2.23. The molecule has 0 saturated carbocycles. The number of hydrogen-bond acceptors (Lipinski definition) is 1. The van der Waals surface area contributed by atoms with Gasteiger partial charge in [0.15, 0.2) is 0 Å². The number of aliphatic imine (C=N–C) groups is 1. The third kappa shape index (κ3) is 0.768. The predicted molar refractivity (Wildman–Crippen MR) is 35.4 cm³/mol. The van der Waals surface area contributed by atoms with Crippen LogP contribution in [0.15, 0.2) is 4.99 Å². The topological polar surface area (TPSA) is 38.5 Å². The molecule has 1 heterocycles. The smallest absolute Gasteiger partial charge is 0.247 e. The molecule has 0 atom stereocenters. The fourth-order valence-electron chi connectivity index (χ4n) is 0.521. The van der Waals surface area contributed by atoms with E-state index < -0.39 is 0 Å². The molecular weight excluding hydrogens is 102 g/mol. The molecule has 0 bridgehead atoms. The quantitative estimate of drug-likeness (QED) is 0.406. The molecule has 0 aliphatic carbocycles. The summed E-state index contributed by atoms with van der Waals surface area (Å²) in [7, 11) is 1.73. The lowest BCUT2D eigenvalue weighted by molar-refractivity contribution is 1.32. The van der Waals surface area contributed by atoms with E-state index in [1.807, 2.05) is 6.92 Å². The Morgan fingerprint density at radius 2 is 2.50 bits per heavy atom. The van der Waals surface area contributed by atoms with Crippen LogP contribution in [0.2, 0.25) is 0 Å². The van der Waals surface area contributed by atoms with Crippen LogP contribution in [0.3, 0.4) is 0 Å². The molecule has 0 aromatic carbocycles. The van der Waals surface area contributed by atoms with Crippen LogP contribution in [-0.4, -0.2) is 24.9 Å². The Hall–Kier alpha value is -1.08. The summed E-state index contributed by atoms with van der Waals surface area (Å²) < 4.78 is 3.94. The molecule has 3 heteroatoms. The second-order valence-corrected chi connectivity index (χ2v) is 1.58. The van der Waals surface area contributed by atoms with E-state index in [1.54, 1.807) is 13.3 Å². The first-order chi connectivity index (χ1) is 3.83. The van der Waals surface area contributed by atoms with Gasteiger partial charge in [-0.05, 0) is 0 Å². The van der Waals surface area contributed by atoms with Crippen LogP contribution in [0.5, 0.6) is 0 Å². The molecule has 1 N–H and O–H groups in total. The third-order valence-electron chi connectivity index (χ3n) is 0.930. The van der Waals surface area contributed by atoms with Gasteiger partial charge in [0, 0.05) is 7.05 Å². The summed E-state index contributed by atoms with van der Waals surface area (Å²) in [4.78, 5) is 3.87. The molecule has 42 valence electrons. The maximum Gasteiger partial charge on any atom is 0.346 e. The van der Waals surface area contributed by atoms with Gasteiger partial charge in [0.2, 0.25) is 0 Å². The summed E-state index contributed by atoms with van der Waals surface area (Å²) in [5.74, 6) is 1.74. The minimum atomic E-state index is 0.836. The molecule has 0 unspecified atom stereocenters. The fourth-order valence-corrected chi connectivity index (χ4v) is 0.521. The van der Waals surface area contributed by atoms with Crippen LogP contribution >= 0.6 is 0 Å². The standard InChI is InChI=1S/C5H7N3/c1-4-7-3-5(6-2)8-4/h3H,1-2H3/p+1. The molecule has 0 saturated heterocycles. The highest BCUT2D eigenvalue weighted by molar-refractivity contribution is 6.36. The van der Waals surface area contributed by atoms with E-state index in [9.17, 15) is 0 Å². The van der Waals surface area contributed by atoms with Crippen molar-refractivity contribution in [2.24, 2.45) is 4.99 Å². The monoisotopic (exact) mass is 110 g/mol. The summed E-state index contributed by atoms with van der Waals surface area (Å²) in [5.41, 5.74) is 0. The highest BCUT2D eigenvalue weighted by Gasteiger charge is 2.11. The highest BCUT2D eigenvalue weighted by atomic mass is 15.1. The van der Waals surface area contributed by atoms with E-state index in [4.69, 9.17) is 0 Å². The normalized spacial score (nSPS) is 21.2. The minimum absolute atomic E-state index is 0.836. The van der Waals surface area contributed by atoms with Gasteiger partial charge in [0.05, 0.1) is 6.92 Å². The highest BCUT2D eigenvalue weighted by Crippen LogP contribution is 1.70. The van der Waals surface area contributed by atoms with E-state index in [0.29, 0.717) is 0 Å². The second kappa shape index (κ2) is 1.80. The second-order valence-electron chi connectivity index (χ2n) is 1.58. The zero-order chi connectivity index (χ0) is 5.98. The SMILES string of the molecule is CN=C1C=[N+]=C(C)N1. The summed E-state index contributed by atoms with van der Waals surface area (Å²) in [6, 6.07) is 0. The molecule has 0 spiro atoms. The van der Waals surface area contributed by atoms with Gasteiger partial charge in [-0.3, -0.25) is 0 Å². The van der Waals surface area contributed by atoms with E-state index >= 15 is 0 Å². The summed E-state index contributed by atoms with van der Waals surface area (Å²) in [6.07, 6.45) is 1.70. The van der Waals surface area contributed by atoms with Gasteiger partial charge in [0.25, 0.3) is 12.1 Å². The number of rotatable bonds is 0. The predicted octanol–water partition coefficient (Wildman–Crippen LogP) is -0.826. The number of nitrogens with one attached hydrogen (secondary N) is 1. The van der Waals surface area contributed by atoms with Gasteiger partial charge in [-0.2, -0.15) is 0 Å². The van der Waals surface area contributed by atoms with Crippen molar-refractivity contribution >= 4 is 17.9 Å². The van der Waals surface area contributed by atoms with Gasteiger partial charge in [0.1, 0.15) is 0 Å². The van der Waals surface area contributed by atoms with Crippen LogP contribution in [0.25, 0.3) is 0 Å². The number of nitrogens with zero attached hydrogens (tertiary/aromatic N) is 2. The largest absolute Gasteiger partial charge is 0.346 e. The van der Waals surface area contributed by atoms with E-state index in [0.717, 1.165) is 11.7 Å². The van der Waals surface area contributed by atoms with Gasteiger partial charge in [-0.15, -0.1) is 0 Å². The van der Waals surface area contributed by atoms with Crippen molar-refractivity contribution < 1.29 is 0 Å². The molecule has 3 nitrogen and oxygen atoms in total. The number of amidine groups is 2. The summed E-state index contributed by atoms with van der Waals surface area (Å²) in [5, 5.41) is 2.95. The van der Waals surface area contributed by atoms with Crippen molar-refractivity contribution in [2.75, 3.05) is 7.05 Å². The Morgan fingerprint density at radius 1 is 1.75 bits per heavy atom. The Balaban J connectivity index is 2.73. The first kappa shape index (κ1) is 5.06. The zero-order valence-corrected chi connectivity index (χ0v) is 4.97. The zero-order valence-electron chi connectivity index (χ0n) is 4.97. The Kier molecular flexibility index (Phi) is 1.14. The first-order valence-corrected chi connectivity index (χ1v) is 2.44. The minimum Gasteiger partial charge on any atom is -0.247 e. The summed E-state index contributed by atoms with van der Waals surface area (Å²) >= 11 is 0. The van der Waals surface area contributed by atoms with Gasteiger partial charge in [-0.1, -0.05) is 0 Å². The van der Waals surface area contributed by atoms with Crippen molar-refractivity contribution in [1.82, 2.24) is 9.98 Å². The lowest BCUT2D eigenvalue weighted by Gasteiger charge is -1.79. The van der Waals surface area contributed by atoms with Crippen LogP contribution in [0.1, 0.15) is 6.92 Å². The van der Waals surface area contributed by atoms with Crippen molar-refractivity contribution in [1.29, 1.82) is 0 Å². The van der Waals surface area contributed by atoms with Crippen LogP contribution in [-0.2, 0) is 0 Å². The molecule has 1 rings (SSSR count). The number of hydrogen-bond donors (Lipinski definition) is 1. The molecule has 8 heavy (non-hydrogen) atoms. The molecular formula is C5H8N3+. The van der Waals surface area contributed by atoms with Crippen LogP contribution < -0.4 is 9.98 Å². The molecule has 0 aromatic heterocycles. The molecule has 1 aliphatic rings. The average molecular weight is 110 g/mol. The third-order valence-corrected chi connectivity index (χ3v) is 0.930. The van der Waals surface area contributed by atoms with Crippen molar-refractivity contribution in [3.63, 3.8) is 0 Å². The maximum absolute atomic E-state index is 3.94. The van der Waals surface area contributed by atoms with Crippen LogP contribution in [0, 0.1) is 0 Å². The molecule has 0 fully saturated rings. The van der Waals surface area contributed by atoms with Crippen molar-refractivity contribution in [3.8, 4) is 0 Å². The van der Waals surface area contributed by atoms with Gasteiger partial charge < -0.3 is 0 Å². The fraction of sp³-hybridized carbons (Fsp3) is 0.400. The van der Waals surface area contributed by atoms with E-state index in [2.05, 4.69) is 15.0 Å². The molecule has 1 aliphatic heterocycles. The first-order valence-electron chi connectivity index (χ1n) is 2.44. The Bertz CT molecular complexity index is 184. The average Bonchev–Trinajstić information content (AvgIpc) is 2.14. The Labute approximate surface area is 47.9 Å². The molecule has 0 aromatic rings. The van der Waals surface area contributed by atoms with E-state index in [1.165, 1.54) is 0 Å². The van der Waals surface area contributed by atoms with Crippen molar-refractivity contribution in [3.05, 3.63) is 0 Å². The van der Waals surface area contributed by atoms with E-state index in [-0.39, 0.29) is 0 Å². The lowest BCUT2D eigenvalue weighted by atomic mass is 10.6. The van der Waals surface area contributed by atoms with Gasteiger partial charge in [-0.25, -0.2) is 15.0 Å². The molecule has 0 amide bonds. The molecule has 0 radical (unpaired) electrons.